The highest BCUT2D eigenvalue weighted by molar-refractivity contribution is 7.90. The van der Waals surface area contributed by atoms with Crippen LogP contribution in [0.4, 0.5) is 5.69 Å². The molecule has 0 bridgehead atoms. The molecule has 132 valence electrons. The number of carbonyl (C=O) groups is 2. The molecule has 25 heavy (non-hydrogen) atoms. The molecule has 8 heteroatoms. The van der Waals surface area contributed by atoms with Gasteiger partial charge in [0.1, 0.15) is 0 Å². The smallest absolute Gasteiger partial charge is 0.338 e. The van der Waals surface area contributed by atoms with Crippen molar-refractivity contribution in [2.24, 2.45) is 0 Å². The monoisotopic (exact) mass is 381 g/mol. The third-order valence-corrected chi connectivity index (χ3v) is 4.59. The molecular weight excluding hydrogens is 366 g/mol. The maximum Gasteiger partial charge on any atom is 0.338 e. The molecule has 0 spiro atoms. The number of halogens is 1. The SMILES string of the molecule is C[C@@H](OC(=O)c1cccc(S(C)(=O)=O)c1)C(=O)Nc1cccc(Cl)c1. The minimum atomic E-state index is -3.45. The van der Waals surface area contributed by atoms with E-state index in [1.807, 2.05) is 0 Å². The molecule has 0 saturated carbocycles. The Balaban J connectivity index is 2.06. The van der Waals surface area contributed by atoms with E-state index in [0.717, 1.165) is 6.26 Å². The van der Waals surface area contributed by atoms with Gasteiger partial charge in [0, 0.05) is 17.0 Å². The lowest BCUT2D eigenvalue weighted by atomic mass is 10.2. The zero-order valence-corrected chi connectivity index (χ0v) is 15.1. The number of sulfone groups is 1. The molecule has 0 aromatic heterocycles. The summed E-state index contributed by atoms with van der Waals surface area (Å²) in [7, 11) is -3.45. The fourth-order valence-electron chi connectivity index (χ4n) is 1.95. The maximum absolute atomic E-state index is 12.1. The van der Waals surface area contributed by atoms with E-state index in [9.17, 15) is 18.0 Å². The van der Waals surface area contributed by atoms with Crippen molar-refractivity contribution in [3.8, 4) is 0 Å². The predicted molar refractivity (Wildman–Crippen MR) is 94.5 cm³/mol. The molecule has 0 fully saturated rings. The number of hydrogen-bond acceptors (Lipinski definition) is 5. The Bertz CT molecular complexity index is 911. The number of esters is 1. The molecule has 0 unspecified atom stereocenters. The van der Waals surface area contributed by atoms with E-state index in [-0.39, 0.29) is 10.5 Å². The average molecular weight is 382 g/mol. The summed E-state index contributed by atoms with van der Waals surface area (Å²) in [6.45, 7) is 1.41. The molecule has 0 heterocycles. The quantitative estimate of drug-likeness (QED) is 0.804. The molecule has 2 rings (SSSR count). The third kappa shape index (κ3) is 5.30. The summed E-state index contributed by atoms with van der Waals surface area (Å²) in [6.07, 6.45) is -0.0354. The van der Waals surface area contributed by atoms with E-state index in [1.165, 1.54) is 31.2 Å². The van der Waals surface area contributed by atoms with Crippen molar-refractivity contribution in [3.63, 3.8) is 0 Å². The highest BCUT2D eigenvalue weighted by Crippen LogP contribution is 2.16. The van der Waals surface area contributed by atoms with Crippen LogP contribution in [-0.2, 0) is 19.4 Å². The van der Waals surface area contributed by atoms with E-state index in [4.69, 9.17) is 16.3 Å². The Morgan fingerprint density at radius 2 is 1.80 bits per heavy atom. The van der Waals surface area contributed by atoms with Gasteiger partial charge in [0.25, 0.3) is 5.91 Å². The second-order valence-electron chi connectivity index (χ2n) is 5.35. The number of benzene rings is 2. The number of nitrogens with one attached hydrogen (secondary N) is 1. The van der Waals surface area contributed by atoms with Crippen LogP contribution < -0.4 is 5.32 Å². The first kappa shape index (κ1) is 19.0. The van der Waals surface area contributed by atoms with Crippen molar-refractivity contribution < 1.29 is 22.7 Å². The van der Waals surface area contributed by atoms with Gasteiger partial charge in [0.05, 0.1) is 10.5 Å². The second-order valence-corrected chi connectivity index (χ2v) is 7.80. The average Bonchev–Trinajstić information content (AvgIpc) is 2.54. The van der Waals surface area contributed by atoms with Crippen LogP contribution in [0.15, 0.2) is 53.4 Å². The molecule has 0 aliphatic rings. The zero-order chi connectivity index (χ0) is 18.6. The molecule has 1 atom stereocenters. The van der Waals surface area contributed by atoms with Crippen molar-refractivity contribution in [1.82, 2.24) is 0 Å². The maximum atomic E-state index is 12.1. The van der Waals surface area contributed by atoms with Crippen molar-refractivity contribution in [3.05, 3.63) is 59.1 Å². The van der Waals surface area contributed by atoms with Crippen molar-refractivity contribution in [2.75, 3.05) is 11.6 Å². The van der Waals surface area contributed by atoms with Gasteiger partial charge in [-0.1, -0.05) is 23.7 Å². The first-order chi connectivity index (χ1) is 11.7. The molecule has 0 radical (unpaired) electrons. The lowest BCUT2D eigenvalue weighted by Crippen LogP contribution is -2.30. The summed E-state index contributed by atoms with van der Waals surface area (Å²) < 4.78 is 28.2. The van der Waals surface area contributed by atoms with Crippen molar-refractivity contribution >= 4 is 39.0 Å². The van der Waals surface area contributed by atoms with Gasteiger partial charge >= 0.3 is 5.97 Å². The Morgan fingerprint density at radius 3 is 2.44 bits per heavy atom. The van der Waals surface area contributed by atoms with Crippen LogP contribution in [0.2, 0.25) is 5.02 Å². The minimum absolute atomic E-state index is 0.00187. The van der Waals surface area contributed by atoms with Crippen molar-refractivity contribution in [2.45, 2.75) is 17.9 Å². The molecule has 6 nitrogen and oxygen atoms in total. The van der Waals surface area contributed by atoms with Crippen LogP contribution in [0.25, 0.3) is 0 Å². The minimum Gasteiger partial charge on any atom is -0.449 e. The summed E-state index contributed by atoms with van der Waals surface area (Å²) in [5.41, 5.74) is 0.518. The molecule has 1 amide bonds. The van der Waals surface area contributed by atoms with E-state index < -0.39 is 27.8 Å². The topological polar surface area (TPSA) is 89.5 Å². The predicted octanol–water partition coefficient (Wildman–Crippen LogP) is 2.93. The van der Waals surface area contributed by atoms with Crippen LogP contribution >= 0.6 is 11.6 Å². The van der Waals surface area contributed by atoms with Gasteiger partial charge in [-0.2, -0.15) is 0 Å². The standard InChI is InChI=1S/C17H16ClNO5S/c1-11(16(20)19-14-7-4-6-13(18)10-14)24-17(21)12-5-3-8-15(9-12)25(2,22)23/h3-11H,1-2H3,(H,19,20)/t11-/m1/s1. The second kappa shape index (κ2) is 7.67. The highest BCUT2D eigenvalue weighted by Gasteiger charge is 2.20. The first-order valence-electron chi connectivity index (χ1n) is 7.24. The number of amides is 1. The molecule has 0 saturated heterocycles. The Kier molecular flexibility index (Phi) is 5.81. The molecule has 0 aliphatic heterocycles. The number of hydrogen-bond donors (Lipinski definition) is 1. The first-order valence-corrected chi connectivity index (χ1v) is 9.51. The van der Waals surface area contributed by atoms with Gasteiger partial charge in [-0.15, -0.1) is 0 Å². The fourth-order valence-corrected chi connectivity index (χ4v) is 2.80. The summed E-state index contributed by atoms with van der Waals surface area (Å²) >= 11 is 5.84. The van der Waals surface area contributed by atoms with E-state index in [0.29, 0.717) is 10.7 Å². The fraction of sp³-hybridized carbons (Fsp3) is 0.176. The van der Waals surface area contributed by atoms with E-state index >= 15 is 0 Å². The Labute approximate surface area is 150 Å². The summed E-state index contributed by atoms with van der Waals surface area (Å²) in [5, 5.41) is 3.04. The van der Waals surface area contributed by atoms with Crippen LogP contribution in [-0.4, -0.2) is 32.7 Å². The molecule has 1 N–H and O–H groups in total. The normalized spacial score (nSPS) is 12.3. The summed E-state index contributed by atoms with van der Waals surface area (Å²) in [6, 6.07) is 12.0. The number of anilines is 1. The largest absolute Gasteiger partial charge is 0.449 e. The van der Waals surface area contributed by atoms with E-state index in [1.54, 1.807) is 24.3 Å². The van der Waals surface area contributed by atoms with Gasteiger partial charge in [-0.05, 0) is 43.3 Å². The molecular formula is C17H16ClNO5S. The van der Waals surface area contributed by atoms with Crippen LogP contribution in [0, 0.1) is 0 Å². The van der Waals surface area contributed by atoms with Gasteiger partial charge in [-0.3, -0.25) is 4.79 Å². The number of carbonyl (C=O) groups excluding carboxylic acids is 2. The highest BCUT2D eigenvalue weighted by atomic mass is 35.5. The third-order valence-electron chi connectivity index (χ3n) is 3.24. The van der Waals surface area contributed by atoms with E-state index in [2.05, 4.69) is 5.32 Å². The Morgan fingerprint density at radius 1 is 1.12 bits per heavy atom. The van der Waals surface area contributed by atoms with Crippen molar-refractivity contribution in [1.29, 1.82) is 0 Å². The van der Waals surface area contributed by atoms with Crippen LogP contribution in [0.5, 0.6) is 0 Å². The zero-order valence-electron chi connectivity index (χ0n) is 13.5. The van der Waals surface area contributed by atoms with Gasteiger partial charge < -0.3 is 10.1 Å². The molecule has 0 aliphatic carbocycles. The molecule has 2 aromatic rings. The Hall–Kier alpha value is -2.38. The summed E-state index contributed by atoms with van der Waals surface area (Å²) in [4.78, 5) is 24.2. The number of rotatable bonds is 5. The van der Waals surface area contributed by atoms with Crippen LogP contribution in [0.1, 0.15) is 17.3 Å². The van der Waals surface area contributed by atoms with Gasteiger partial charge in [0.2, 0.25) is 0 Å². The van der Waals surface area contributed by atoms with Crippen LogP contribution in [0.3, 0.4) is 0 Å². The summed E-state index contributed by atoms with van der Waals surface area (Å²) in [5.74, 6) is -1.32. The molecule has 2 aromatic carbocycles. The van der Waals surface area contributed by atoms with Gasteiger partial charge in [-0.25, -0.2) is 13.2 Å². The lowest BCUT2D eigenvalue weighted by Gasteiger charge is -2.14. The lowest BCUT2D eigenvalue weighted by molar-refractivity contribution is -0.123. The van der Waals surface area contributed by atoms with Gasteiger partial charge in [0.15, 0.2) is 15.9 Å². The number of ether oxygens (including phenoxy) is 1.